The number of nitrogens with one attached hydrogen (secondary N) is 1. The fourth-order valence-electron chi connectivity index (χ4n) is 3.96. The van der Waals surface area contributed by atoms with Crippen LogP contribution in [0.5, 0.6) is 0 Å². The van der Waals surface area contributed by atoms with E-state index in [1.807, 2.05) is 10.6 Å². The first-order valence-electron chi connectivity index (χ1n) is 11.8. The molecule has 1 saturated heterocycles. The highest BCUT2D eigenvalue weighted by Gasteiger charge is 2.37. The predicted molar refractivity (Wildman–Crippen MR) is 135 cm³/mol. The van der Waals surface area contributed by atoms with Crippen LogP contribution in [-0.4, -0.2) is 55.0 Å². The molecule has 1 aliphatic rings. The number of fused-ring (bicyclic) bond motifs is 1. The van der Waals surface area contributed by atoms with E-state index in [0.717, 1.165) is 0 Å². The van der Waals surface area contributed by atoms with Crippen molar-refractivity contribution in [2.24, 2.45) is 11.8 Å². The highest BCUT2D eigenvalue weighted by atomic mass is 32.2. The fraction of sp³-hybridized carbons (Fsp3) is 0.440. The predicted octanol–water partition coefficient (Wildman–Crippen LogP) is 3.85. The molecule has 11 heteroatoms. The van der Waals surface area contributed by atoms with Crippen LogP contribution in [0, 0.1) is 11.8 Å². The SMILES string of the molecule is CC(=O)SCC[C@H]1O[C@@H](n2cnc3nc(NC(=O)C(C)C)ncc32)C[C@@H]1COC(=O)c1ccccc1. The van der Waals surface area contributed by atoms with Crippen LogP contribution in [0.15, 0.2) is 42.9 Å². The molecule has 1 N–H and O–H groups in total. The van der Waals surface area contributed by atoms with E-state index in [2.05, 4.69) is 20.3 Å². The van der Waals surface area contributed by atoms with Gasteiger partial charge in [0.2, 0.25) is 11.9 Å². The van der Waals surface area contributed by atoms with Gasteiger partial charge >= 0.3 is 5.97 Å². The van der Waals surface area contributed by atoms with Gasteiger partial charge in [0, 0.05) is 30.9 Å². The second kappa shape index (κ2) is 11.6. The Labute approximate surface area is 213 Å². The third kappa shape index (κ3) is 6.27. The summed E-state index contributed by atoms with van der Waals surface area (Å²) in [6.45, 7) is 5.32. The molecule has 1 amide bonds. The van der Waals surface area contributed by atoms with E-state index >= 15 is 0 Å². The lowest BCUT2D eigenvalue weighted by molar-refractivity contribution is -0.119. The van der Waals surface area contributed by atoms with E-state index in [1.54, 1.807) is 50.6 Å². The Kier molecular flexibility index (Phi) is 8.32. The number of thioether (sulfide) groups is 1. The number of aromatic nitrogens is 4. The maximum Gasteiger partial charge on any atom is 0.338 e. The van der Waals surface area contributed by atoms with Crippen molar-refractivity contribution in [3.63, 3.8) is 0 Å². The summed E-state index contributed by atoms with van der Waals surface area (Å²) in [6, 6.07) is 8.85. The van der Waals surface area contributed by atoms with Crippen LogP contribution in [-0.2, 0) is 19.1 Å². The highest BCUT2D eigenvalue weighted by molar-refractivity contribution is 8.13. The molecule has 3 heterocycles. The summed E-state index contributed by atoms with van der Waals surface area (Å²) in [5.41, 5.74) is 1.60. The topological polar surface area (TPSA) is 125 Å². The number of hydrogen-bond donors (Lipinski definition) is 1. The molecule has 0 bridgehead atoms. The van der Waals surface area contributed by atoms with E-state index in [9.17, 15) is 14.4 Å². The van der Waals surface area contributed by atoms with Crippen LogP contribution in [0.25, 0.3) is 11.2 Å². The summed E-state index contributed by atoms with van der Waals surface area (Å²) in [5.74, 6) is 0.00440. The van der Waals surface area contributed by atoms with Crippen LogP contribution in [0.4, 0.5) is 5.95 Å². The number of ether oxygens (including phenoxy) is 2. The van der Waals surface area contributed by atoms with Gasteiger partial charge in [-0.05, 0) is 18.6 Å². The zero-order valence-corrected chi connectivity index (χ0v) is 21.2. The van der Waals surface area contributed by atoms with Crippen LogP contribution < -0.4 is 5.32 Å². The van der Waals surface area contributed by atoms with Gasteiger partial charge in [0.25, 0.3) is 0 Å². The van der Waals surface area contributed by atoms with Crippen molar-refractivity contribution in [3.8, 4) is 0 Å². The van der Waals surface area contributed by atoms with Crippen LogP contribution in [0.1, 0.15) is 50.2 Å². The lowest BCUT2D eigenvalue weighted by Gasteiger charge is -2.18. The van der Waals surface area contributed by atoms with Crippen molar-refractivity contribution in [2.75, 3.05) is 17.7 Å². The molecular weight excluding hydrogens is 482 g/mol. The Bertz CT molecular complexity index is 1230. The third-order valence-corrected chi connectivity index (χ3v) is 6.76. The first-order valence-corrected chi connectivity index (χ1v) is 12.8. The number of nitrogens with zero attached hydrogens (tertiary/aromatic N) is 4. The molecule has 0 saturated carbocycles. The molecule has 1 fully saturated rings. The summed E-state index contributed by atoms with van der Waals surface area (Å²) >= 11 is 1.25. The second-order valence-corrected chi connectivity index (χ2v) is 10.2. The molecule has 3 atom stereocenters. The second-order valence-electron chi connectivity index (χ2n) is 8.92. The normalized spacial score (nSPS) is 19.5. The van der Waals surface area contributed by atoms with Crippen molar-refractivity contribution in [3.05, 3.63) is 48.4 Å². The van der Waals surface area contributed by atoms with Crippen LogP contribution in [0.3, 0.4) is 0 Å². The van der Waals surface area contributed by atoms with Crippen LogP contribution in [0.2, 0.25) is 0 Å². The van der Waals surface area contributed by atoms with Crippen LogP contribution >= 0.6 is 11.8 Å². The van der Waals surface area contributed by atoms with Crippen molar-refractivity contribution in [2.45, 2.75) is 45.9 Å². The molecule has 3 aromatic rings. The molecule has 4 rings (SSSR count). The summed E-state index contributed by atoms with van der Waals surface area (Å²) < 4.78 is 13.8. The first-order chi connectivity index (χ1) is 17.3. The smallest absolute Gasteiger partial charge is 0.338 e. The van der Waals surface area contributed by atoms with Crippen molar-refractivity contribution in [1.29, 1.82) is 0 Å². The maximum atomic E-state index is 12.5. The number of carbonyl (C=O) groups is 3. The number of rotatable bonds is 9. The molecule has 1 aromatic carbocycles. The molecule has 0 unspecified atom stereocenters. The zero-order chi connectivity index (χ0) is 25.7. The minimum absolute atomic E-state index is 0.0507. The molecule has 2 aromatic heterocycles. The number of carbonyl (C=O) groups excluding carboxylic acids is 3. The summed E-state index contributed by atoms with van der Waals surface area (Å²) in [5, 5.41) is 2.73. The minimum atomic E-state index is -0.381. The van der Waals surface area contributed by atoms with E-state index in [0.29, 0.717) is 35.3 Å². The molecule has 190 valence electrons. The fourth-order valence-corrected chi connectivity index (χ4v) is 4.60. The van der Waals surface area contributed by atoms with Gasteiger partial charge in [-0.25, -0.2) is 14.8 Å². The number of imidazole rings is 1. The lowest BCUT2D eigenvalue weighted by Crippen LogP contribution is -2.23. The Morgan fingerprint density at radius 3 is 2.72 bits per heavy atom. The summed E-state index contributed by atoms with van der Waals surface area (Å²) in [6.07, 6.45) is 3.92. The Hall–Kier alpha value is -3.31. The molecule has 10 nitrogen and oxygen atoms in total. The van der Waals surface area contributed by atoms with Gasteiger partial charge < -0.3 is 14.0 Å². The maximum absolute atomic E-state index is 12.5. The van der Waals surface area contributed by atoms with Crippen molar-refractivity contribution >= 4 is 45.9 Å². The monoisotopic (exact) mass is 511 g/mol. The Balaban J connectivity index is 1.47. The molecule has 0 spiro atoms. The van der Waals surface area contributed by atoms with E-state index in [-0.39, 0.29) is 53.7 Å². The molecule has 1 aliphatic heterocycles. The van der Waals surface area contributed by atoms with Crippen molar-refractivity contribution in [1.82, 2.24) is 19.5 Å². The average Bonchev–Trinajstić information content (AvgIpc) is 3.46. The van der Waals surface area contributed by atoms with E-state index < -0.39 is 0 Å². The van der Waals surface area contributed by atoms with Gasteiger partial charge in [-0.15, -0.1) is 0 Å². The van der Waals surface area contributed by atoms with E-state index in [4.69, 9.17) is 9.47 Å². The minimum Gasteiger partial charge on any atom is -0.462 e. The van der Waals surface area contributed by atoms with E-state index in [1.165, 1.54) is 18.7 Å². The summed E-state index contributed by atoms with van der Waals surface area (Å²) in [4.78, 5) is 48.8. The third-order valence-electron chi connectivity index (χ3n) is 5.91. The number of hydrogen-bond acceptors (Lipinski definition) is 9. The molecule has 36 heavy (non-hydrogen) atoms. The average molecular weight is 512 g/mol. The summed E-state index contributed by atoms with van der Waals surface area (Å²) in [7, 11) is 0. The van der Waals surface area contributed by atoms with Gasteiger partial charge in [0.1, 0.15) is 11.7 Å². The number of esters is 1. The van der Waals surface area contributed by atoms with Gasteiger partial charge in [0.15, 0.2) is 10.8 Å². The number of amides is 1. The van der Waals surface area contributed by atoms with Gasteiger partial charge in [-0.3, -0.25) is 14.9 Å². The lowest BCUT2D eigenvalue weighted by atomic mass is 10.00. The molecule has 0 aliphatic carbocycles. The van der Waals surface area contributed by atoms with Gasteiger partial charge in [-0.1, -0.05) is 43.8 Å². The Morgan fingerprint density at radius 1 is 1.22 bits per heavy atom. The standard InChI is InChI=1S/C25H29N5O5S/c1-15(2)23(32)29-25-26-12-19-22(28-25)27-14-30(19)21-11-18(20(35-21)9-10-36-16(3)31)13-34-24(33)17-7-5-4-6-8-17/h4-8,12,14-15,18,20-21H,9-11,13H2,1-3H3,(H,26,28,29,32)/t18-,20-,21-/m1/s1. The first kappa shape index (κ1) is 25.8. The quantitative estimate of drug-likeness (QED) is 0.426. The highest BCUT2D eigenvalue weighted by Crippen LogP contribution is 2.37. The van der Waals surface area contributed by atoms with Crippen molar-refractivity contribution < 1.29 is 23.9 Å². The Morgan fingerprint density at radius 2 is 2.00 bits per heavy atom. The zero-order valence-electron chi connectivity index (χ0n) is 20.4. The molecular formula is C25H29N5O5S. The largest absolute Gasteiger partial charge is 0.462 e. The molecule has 0 radical (unpaired) electrons. The van der Waals surface area contributed by atoms with Gasteiger partial charge in [-0.2, -0.15) is 4.98 Å². The number of benzene rings is 1. The number of anilines is 1. The van der Waals surface area contributed by atoms with Gasteiger partial charge in [0.05, 0.1) is 30.8 Å².